The zero-order valence-electron chi connectivity index (χ0n) is 18.4. The molecule has 0 atom stereocenters. The first-order valence-corrected chi connectivity index (χ1v) is 11.2. The SMILES string of the molecule is Cc1nccc(-c2ccc3c(-c4ccccc4)c4ccccc4c(-c4ccccc4)c3c2)n1. The van der Waals surface area contributed by atoms with Gasteiger partial charge in [0.05, 0.1) is 5.69 Å². The molecule has 0 aliphatic carbocycles. The van der Waals surface area contributed by atoms with Crippen LogP contribution in [0.5, 0.6) is 0 Å². The highest BCUT2D eigenvalue weighted by molar-refractivity contribution is 6.21. The molecule has 6 aromatic rings. The van der Waals surface area contributed by atoms with Crippen LogP contribution >= 0.6 is 0 Å². The van der Waals surface area contributed by atoms with Gasteiger partial charge in [-0.25, -0.2) is 9.97 Å². The van der Waals surface area contributed by atoms with Crippen LogP contribution in [-0.2, 0) is 0 Å². The van der Waals surface area contributed by atoms with E-state index in [1.807, 2.05) is 19.2 Å². The lowest BCUT2D eigenvalue weighted by Crippen LogP contribution is -1.93. The van der Waals surface area contributed by atoms with Crippen LogP contribution in [0.15, 0.2) is 115 Å². The van der Waals surface area contributed by atoms with Gasteiger partial charge in [0.2, 0.25) is 0 Å². The van der Waals surface area contributed by atoms with Gasteiger partial charge in [0.15, 0.2) is 0 Å². The molecule has 0 unspecified atom stereocenters. The summed E-state index contributed by atoms with van der Waals surface area (Å²) in [6.07, 6.45) is 1.83. The molecule has 1 aromatic heterocycles. The van der Waals surface area contributed by atoms with Crippen LogP contribution in [-0.4, -0.2) is 9.97 Å². The van der Waals surface area contributed by atoms with Gasteiger partial charge in [-0.1, -0.05) is 97.1 Å². The minimum absolute atomic E-state index is 0.777. The second-order valence-electron chi connectivity index (χ2n) is 8.28. The fraction of sp³-hybridized carbons (Fsp3) is 0.0323. The molecule has 0 amide bonds. The van der Waals surface area contributed by atoms with Gasteiger partial charge < -0.3 is 0 Å². The third kappa shape index (κ3) is 3.37. The van der Waals surface area contributed by atoms with E-state index in [1.54, 1.807) is 0 Å². The Morgan fingerprint density at radius 2 is 1.03 bits per heavy atom. The zero-order chi connectivity index (χ0) is 22.2. The van der Waals surface area contributed by atoms with Crippen molar-refractivity contribution in [2.45, 2.75) is 6.92 Å². The van der Waals surface area contributed by atoms with E-state index in [4.69, 9.17) is 0 Å². The normalized spacial score (nSPS) is 11.2. The Morgan fingerprint density at radius 3 is 1.64 bits per heavy atom. The van der Waals surface area contributed by atoms with E-state index in [1.165, 1.54) is 43.8 Å². The third-order valence-corrected chi connectivity index (χ3v) is 6.22. The van der Waals surface area contributed by atoms with E-state index >= 15 is 0 Å². The van der Waals surface area contributed by atoms with E-state index in [2.05, 4.69) is 113 Å². The van der Waals surface area contributed by atoms with Gasteiger partial charge in [-0.2, -0.15) is 0 Å². The van der Waals surface area contributed by atoms with Crippen LogP contribution in [0.2, 0.25) is 0 Å². The van der Waals surface area contributed by atoms with Crippen molar-refractivity contribution in [1.29, 1.82) is 0 Å². The average molecular weight is 423 g/mol. The fourth-order valence-electron chi connectivity index (χ4n) is 4.79. The highest BCUT2D eigenvalue weighted by Gasteiger charge is 2.17. The number of hydrogen-bond donors (Lipinski definition) is 0. The molecule has 0 spiro atoms. The van der Waals surface area contributed by atoms with E-state index in [0.717, 1.165) is 17.1 Å². The number of fused-ring (bicyclic) bond motifs is 2. The zero-order valence-corrected chi connectivity index (χ0v) is 18.4. The van der Waals surface area contributed by atoms with Crippen molar-refractivity contribution < 1.29 is 0 Å². The van der Waals surface area contributed by atoms with Crippen LogP contribution in [0.3, 0.4) is 0 Å². The van der Waals surface area contributed by atoms with Gasteiger partial charge in [-0.3, -0.25) is 0 Å². The van der Waals surface area contributed by atoms with Gasteiger partial charge >= 0.3 is 0 Å². The van der Waals surface area contributed by atoms with Gasteiger partial charge in [0.25, 0.3) is 0 Å². The van der Waals surface area contributed by atoms with Gasteiger partial charge in [0, 0.05) is 11.8 Å². The Hall–Kier alpha value is -4.30. The number of nitrogens with zero attached hydrogens (tertiary/aromatic N) is 2. The van der Waals surface area contributed by atoms with E-state index < -0.39 is 0 Å². The maximum Gasteiger partial charge on any atom is 0.125 e. The van der Waals surface area contributed by atoms with Crippen molar-refractivity contribution in [3.63, 3.8) is 0 Å². The molecule has 1 heterocycles. The molecule has 0 saturated carbocycles. The lowest BCUT2D eigenvalue weighted by Gasteiger charge is -2.18. The monoisotopic (exact) mass is 422 g/mol. The maximum absolute atomic E-state index is 4.68. The third-order valence-electron chi connectivity index (χ3n) is 6.22. The number of aromatic nitrogens is 2. The summed E-state index contributed by atoms with van der Waals surface area (Å²) >= 11 is 0. The van der Waals surface area contributed by atoms with E-state index in [9.17, 15) is 0 Å². The molecule has 156 valence electrons. The molecule has 2 heteroatoms. The predicted molar refractivity (Wildman–Crippen MR) is 138 cm³/mol. The summed E-state index contributed by atoms with van der Waals surface area (Å²) in [6.45, 7) is 1.93. The number of benzene rings is 5. The molecule has 0 saturated heterocycles. The molecular weight excluding hydrogens is 400 g/mol. The summed E-state index contributed by atoms with van der Waals surface area (Å²) in [5, 5.41) is 4.99. The second kappa shape index (κ2) is 7.99. The highest BCUT2D eigenvalue weighted by atomic mass is 14.9. The number of aryl methyl sites for hydroxylation is 1. The smallest absolute Gasteiger partial charge is 0.125 e. The lowest BCUT2D eigenvalue weighted by molar-refractivity contribution is 1.06. The molecule has 33 heavy (non-hydrogen) atoms. The summed E-state index contributed by atoms with van der Waals surface area (Å²) in [6, 6.07) is 38.8. The van der Waals surface area contributed by atoms with Gasteiger partial charge in [0.1, 0.15) is 5.82 Å². The lowest BCUT2D eigenvalue weighted by atomic mass is 9.85. The first-order chi connectivity index (χ1) is 16.3. The average Bonchev–Trinajstić information content (AvgIpc) is 2.88. The summed E-state index contributed by atoms with van der Waals surface area (Å²) in [7, 11) is 0. The minimum Gasteiger partial charge on any atom is -0.242 e. The Balaban J connectivity index is 1.79. The molecule has 2 nitrogen and oxygen atoms in total. The minimum atomic E-state index is 0.777. The summed E-state index contributed by atoms with van der Waals surface area (Å²) in [5.41, 5.74) is 7.01. The summed E-state index contributed by atoms with van der Waals surface area (Å²) < 4.78 is 0. The quantitative estimate of drug-likeness (QED) is 0.269. The van der Waals surface area contributed by atoms with Gasteiger partial charge in [-0.05, 0) is 62.9 Å². The molecule has 0 bridgehead atoms. The molecule has 6 rings (SSSR count). The molecule has 5 aromatic carbocycles. The first kappa shape index (κ1) is 19.4. The predicted octanol–water partition coefficient (Wildman–Crippen LogP) is 8.09. The van der Waals surface area contributed by atoms with E-state index in [-0.39, 0.29) is 0 Å². The Labute approximate surface area is 193 Å². The van der Waals surface area contributed by atoms with E-state index in [0.29, 0.717) is 0 Å². The van der Waals surface area contributed by atoms with Crippen molar-refractivity contribution in [1.82, 2.24) is 9.97 Å². The van der Waals surface area contributed by atoms with Crippen molar-refractivity contribution >= 4 is 21.5 Å². The standard InChI is InChI=1S/C31H22N2/c1-21-32-19-18-29(33-21)24-16-17-27-28(20-24)31(23-12-6-3-7-13-23)26-15-9-8-14-25(26)30(27)22-10-4-2-5-11-22/h2-20H,1H3. The Bertz CT molecular complexity index is 1600. The first-order valence-electron chi connectivity index (χ1n) is 11.2. The topological polar surface area (TPSA) is 25.8 Å². The van der Waals surface area contributed by atoms with Gasteiger partial charge in [-0.15, -0.1) is 0 Å². The molecular formula is C31H22N2. The van der Waals surface area contributed by atoms with Crippen molar-refractivity contribution in [2.24, 2.45) is 0 Å². The molecule has 0 aliphatic heterocycles. The van der Waals surface area contributed by atoms with Crippen LogP contribution in [0, 0.1) is 6.92 Å². The summed E-state index contributed by atoms with van der Waals surface area (Å²) in [4.78, 5) is 8.96. The molecule has 0 N–H and O–H groups in total. The van der Waals surface area contributed by atoms with Crippen LogP contribution in [0.25, 0.3) is 55.1 Å². The maximum atomic E-state index is 4.68. The second-order valence-corrected chi connectivity index (χ2v) is 8.28. The highest BCUT2D eigenvalue weighted by Crippen LogP contribution is 2.44. The summed E-state index contributed by atoms with van der Waals surface area (Å²) in [5.74, 6) is 0.777. The van der Waals surface area contributed by atoms with Crippen LogP contribution in [0.4, 0.5) is 0 Å². The molecule has 0 radical (unpaired) electrons. The largest absolute Gasteiger partial charge is 0.242 e. The van der Waals surface area contributed by atoms with Crippen LogP contribution in [0.1, 0.15) is 5.82 Å². The van der Waals surface area contributed by atoms with Crippen LogP contribution < -0.4 is 0 Å². The molecule has 0 fully saturated rings. The number of hydrogen-bond acceptors (Lipinski definition) is 2. The van der Waals surface area contributed by atoms with Crippen molar-refractivity contribution in [3.8, 4) is 33.5 Å². The fourth-order valence-corrected chi connectivity index (χ4v) is 4.79. The van der Waals surface area contributed by atoms with Crippen molar-refractivity contribution in [3.05, 3.63) is 121 Å². The van der Waals surface area contributed by atoms with Crippen molar-refractivity contribution in [2.75, 3.05) is 0 Å². The molecule has 0 aliphatic rings. The number of rotatable bonds is 3. The Morgan fingerprint density at radius 1 is 0.485 bits per heavy atom. The Kier molecular flexibility index (Phi) is 4.70.